The minimum atomic E-state index is -3.79. The zero-order chi connectivity index (χ0) is 18.4. The van der Waals surface area contributed by atoms with E-state index in [1.54, 1.807) is 31.2 Å². The summed E-state index contributed by atoms with van der Waals surface area (Å²) in [5, 5.41) is 13.4. The van der Waals surface area contributed by atoms with Crippen molar-refractivity contribution in [3.8, 4) is 6.07 Å². The van der Waals surface area contributed by atoms with Crippen LogP contribution in [0.5, 0.6) is 0 Å². The number of sulfonamides is 1. The van der Waals surface area contributed by atoms with Crippen LogP contribution in [0.15, 0.2) is 41.3 Å². The molecule has 1 aliphatic rings. The average Bonchev–Trinajstić information content (AvgIpc) is 2.78. The number of anilines is 1. The van der Waals surface area contributed by atoms with E-state index in [1.165, 1.54) is 0 Å². The third-order valence-electron chi connectivity index (χ3n) is 4.75. The highest BCUT2D eigenvalue weighted by Crippen LogP contribution is 2.41. The molecule has 2 aromatic carbocycles. The van der Waals surface area contributed by atoms with Crippen LogP contribution in [-0.2, 0) is 14.8 Å². The van der Waals surface area contributed by atoms with Gasteiger partial charge in [-0.05, 0) is 30.4 Å². The highest BCUT2D eigenvalue weighted by Gasteiger charge is 2.38. The summed E-state index contributed by atoms with van der Waals surface area (Å²) in [7, 11) is -3.79. The summed E-state index contributed by atoms with van der Waals surface area (Å²) in [5.41, 5.74) is -0.564. The number of amides is 1. The predicted octanol–water partition coefficient (Wildman–Crippen LogP) is 2.40. The number of nitrogens with one attached hydrogen (secondary N) is 1. The molecule has 3 rings (SSSR count). The van der Waals surface area contributed by atoms with E-state index in [-0.39, 0.29) is 17.4 Å². The Morgan fingerprint density at radius 3 is 2.52 bits per heavy atom. The van der Waals surface area contributed by atoms with E-state index in [4.69, 9.17) is 0 Å². The number of hydrogen-bond donors (Lipinski definition) is 1. The topological polar surface area (TPSA) is 90.3 Å². The molecule has 0 bridgehead atoms. The van der Waals surface area contributed by atoms with E-state index in [2.05, 4.69) is 11.4 Å². The Balaban J connectivity index is 1.96. The maximum atomic E-state index is 12.9. The van der Waals surface area contributed by atoms with Gasteiger partial charge in [-0.1, -0.05) is 38.1 Å². The maximum absolute atomic E-state index is 12.9. The summed E-state index contributed by atoms with van der Waals surface area (Å²) in [6.45, 7) is 4.92. The Morgan fingerprint density at radius 2 is 1.92 bits per heavy atom. The lowest BCUT2D eigenvalue weighted by molar-refractivity contribution is -0.121. The molecule has 1 heterocycles. The molecule has 6 nitrogen and oxygen atoms in total. The van der Waals surface area contributed by atoms with Gasteiger partial charge >= 0.3 is 0 Å². The van der Waals surface area contributed by atoms with Gasteiger partial charge in [-0.15, -0.1) is 0 Å². The molecular formula is C18H19N3O3S. The molecule has 130 valence electrons. The summed E-state index contributed by atoms with van der Waals surface area (Å²) in [5.74, 6) is -0.622. The number of nitrogens with zero attached hydrogens (tertiary/aromatic N) is 2. The number of nitriles is 1. The highest BCUT2D eigenvalue weighted by atomic mass is 32.2. The number of benzene rings is 2. The normalized spacial score (nSPS) is 17.3. The molecule has 1 aliphatic heterocycles. The summed E-state index contributed by atoms with van der Waals surface area (Å²) < 4.78 is 26.8. The zero-order valence-electron chi connectivity index (χ0n) is 14.3. The Kier molecular flexibility index (Phi) is 3.96. The molecule has 25 heavy (non-hydrogen) atoms. The van der Waals surface area contributed by atoms with Crippen LogP contribution in [0, 0.1) is 17.2 Å². The number of hydrogen-bond acceptors (Lipinski definition) is 4. The van der Waals surface area contributed by atoms with Crippen LogP contribution in [0.25, 0.3) is 10.8 Å². The predicted molar refractivity (Wildman–Crippen MR) is 95.5 cm³/mol. The second-order valence-corrected chi connectivity index (χ2v) is 8.49. The smallest absolute Gasteiger partial charge is 0.265 e. The van der Waals surface area contributed by atoms with Crippen molar-refractivity contribution in [1.82, 2.24) is 5.32 Å². The Labute approximate surface area is 147 Å². The van der Waals surface area contributed by atoms with Gasteiger partial charge in [0.05, 0.1) is 16.7 Å². The van der Waals surface area contributed by atoms with Crippen molar-refractivity contribution in [2.45, 2.75) is 31.2 Å². The summed E-state index contributed by atoms with van der Waals surface area (Å²) in [6.07, 6.45) is 0. The lowest BCUT2D eigenvalue weighted by Crippen LogP contribution is -2.52. The van der Waals surface area contributed by atoms with E-state index in [9.17, 15) is 18.5 Å². The zero-order valence-corrected chi connectivity index (χ0v) is 15.1. The molecule has 0 aromatic heterocycles. The maximum Gasteiger partial charge on any atom is 0.265 e. The van der Waals surface area contributed by atoms with E-state index < -0.39 is 21.5 Å². The lowest BCUT2D eigenvalue weighted by Gasteiger charge is -2.28. The summed E-state index contributed by atoms with van der Waals surface area (Å²) in [6, 6.07) is 12.5. The molecular weight excluding hydrogens is 338 g/mol. The van der Waals surface area contributed by atoms with Crippen molar-refractivity contribution >= 4 is 32.4 Å². The van der Waals surface area contributed by atoms with Crippen LogP contribution in [0.3, 0.4) is 0 Å². The Morgan fingerprint density at radius 1 is 1.28 bits per heavy atom. The van der Waals surface area contributed by atoms with Crippen LogP contribution >= 0.6 is 0 Å². The molecule has 7 heteroatoms. The second-order valence-electron chi connectivity index (χ2n) is 6.66. The highest BCUT2D eigenvalue weighted by molar-refractivity contribution is 7.93. The van der Waals surface area contributed by atoms with Gasteiger partial charge in [0.2, 0.25) is 5.91 Å². The van der Waals surface area contributed by atoms with Crippen LogP contribution in [0.4, 0.5) is 5.69 Å². The SMILES string of the molecule is CC(C)C(C)(C#N)NC(=O)CN1c2cccc3cccc(c23)S1(=O)=O. The largest absolute Gasteiger partial charge is 0.336 e. The van der Waals surface area contributed by atoms with Crippen molar-refractivity contribution < 1.29 is 13.2 Å². The fourth-order valence-electron chi connectivity index (χ4n) is 2.89. The van der Waals surface area contributed by atoms with Gasteiger partial charge in [0, 0.05) is 5.39 Å². The molecule has 1 amide bonds. The van der Waals surface area contributed by atoms with Crippen molar-refractivity contribution in [3.63, 3.8) is 0 Å². The third-order valence-corrected chi connectivity index (χ3v) is 6.56. The van der Waals surface area contributed by atoms with E-state index in [1.807, 2.05) is 26.0 Å². The minimum absolute atomic E-state index is 0.114. The molecule has 0 fully saturated rings. The van der Waals surface area contributed by atoms with Crippen molar-refractivity contribution in [2.75, 3.05) is 10.8 Å². The number of carbonyl (C=O) groups excluding carboxylic acids is 1. The molecule has 1 unspecified atom stereocenters. The quantitative estimate of drug-likeness (QED) is 0.910. The van der Waals surface area contributed by atoms with Crippen LogP contribution < -0.4 is 9.62 Å². The summed E-state index contributed by atoms with van der Waals surface area (Å²) >= 11 is 0. The van der Waals surface area contributed by atoms with E-state index in [0.717, 1.165) is 9.69 Å². The van der Waals surface area contributed by atoms with Gasteiger partial charge in [-0.2, -0.15) is 5.26 Å². The molecule has 0 saturated heterocycles. The van der Waals surface area contributed by atoms with Gasteiger partial charge in [-0.25, -0.2) is 8.42 Å². The molecule has 0 aliphatic carbocycles. The fourth-order valence-corrected chi connectivity index (χ4v) is 4.56. The Hall–Kier alpha value is -2.59. The lowest BCUT2D eigenvalue weighted by atomic mass is 9.90. The van der Waals surface area contributed by atoms with Gasteiger partial charge < -0.3 is 5.32 Å². The van der Waals surface area contributed by atoms with Gasteiger partial charge in [0.1, 0.15) is 12.1 Å². The third kappa shape index (κ3) is 2.63. The molecule has 0 saturated carbocycles. The molecule has 1 N–H and O–H groups in total. The standard InChI is InChI=1S/C18H19N3O3S/c1-12(2)18(3,11-19)20-16(22)10-21-14-8-4-6-13-7-5-9-15(17(13)14)25(21,23)24/h4-9,12H,10H2,1-3H3,(H,20,22). The van der Waals surface area contributed by atoms with Crippen molar-refractivity contribution in [2.24, 2.45) is 5.92 Å². The van der Waals surface area contributed by atoms with E-state index >= 15 is 0 Å². The number of carbonyl (C=O) groups is 1. The van der Waals surface area contributed by atoms with Crippen LogP contribution in [0.2, 0.25) is 0 Å². The monoisotopic (exact) mass is 357 g/mol. The fraction of sp³-hybridized carbons (Fsp3) is 0.333. The molecule has 2 aromatic rings. The van der Waals surface area contributed by atoms with Gasteiger partial charge in [0.15, 0.2) is 0 Å². The van der Waals surface area contributed by atoms with E-state index in [0.29, 0.717) is 11.1 Å². The number of rotatable bonds is 4. The van der Waals surface area contributed by atoms with Crippen molar-refractivity contribution in [1.29, 1.82) is 5.26 Å². The summed E-state index contributed by atoms with van der Waals surface area (Å²) in [4.78, 5) is 12.7. The first-order chi connectivity index (χ1) is 11.7. The molecule has 0 spiro atoms. The van der Waals surface area contributed by atoms with Crippen molar-refractivity contribution in [3.05, 3.63) is 36.4 Å². The second kappa shape index (κ2) is 5.74. The first-order valence-corrected chi connectivity index (χ1v) is 9.41. The van der Waals surface area contributed by atoms with Crippen LogP contribution in [-0.4, -0.2) is 26.4 Å². The van der Waals surface area contributed by atoms with Gasteiger partial charge in [-0.3, -0.25) is 9.10 Å². The first kappa shape index (κ1) is 17.2. The average molecular weight is 357 g/mol. The molecule has 1 atom stereocenters. The van der Waals surface area contributed by atoms with Crippen LogP contribution in [0.1, 0.15) is 20.8 Å². The van der Waals surface area contributed by atoms with Gasteiger partial charge in [0.25, 0.3) is 10.0 Å². The Bertz CT molecular complexity index is 1000. The first-order valence-electron chi connectivity index (χ1n) is 7.97. The molecule has 0 radical (unpaired) electrons. The minimum Gasteiger partial charge on any atom is -0.336 e.